The van der Waals surface area contributed by atoms with Gasteiger partial charge >= 0.3 is 0 Å². The first-order chi connectivity index (χ1) is 14.9. The summed E-state index contributed by atoms with van der Waals surface area (Å²) in [7, 11) is 4.77. The van der Waals surface area contributed by atoms with Crippen LogP contribution < -0.4 is 9.47 Å². The Bertz CT molecular complexity index is 1090. The average Bonchev–Trinajstić information content (AvgIpc) is 2.79. The third-order valence-electron chi connectivity index (χ3n) is 4.59. The van der Waals surface area contributed by atoms with Crippen LogP contribution in [0.4, 0.5) is 5.69 Å². The molecular weight excluding hydrogens is 416 g/mol. The number of nitro benzene ring substituents is 1. The van der Waals surface area contributed by atoms with E-state index in [1.807, 2.05) is 36.4 Å². The fraction of sp³-hybridized carbons (Fsp3) is 0.174. The minimum absolute atomic E-state index is 0.125. The molecule has 0 aliphatic rings. The number of rotatable bonds is 8. The van der Waals surface area contributed by atoms with E-state index in [-0.39, 0.29) is 17.2 Å². The number of ether oxygens (including phenoxy) is 2. The normalized spacial score (nSPS) is 10.4. The van der Waals surface area contributed by atoms with E-state index < -0.39 is 4.92 Å². The molecule has 3 aromatic rings. The molecule has 31 heavy (non-hydrogen) atoms. The molecule has 160 valence electrons. The molecule has 0 heterocycles. The quantitative estimate of drug-likeness (QED) is 0.362. The first kappa shape index (κ1) is 22.2. The predicted molar refractivity (Wildman–Crippen MR) is 119 cm³/mol. The van der Waals surface area contributed by atoms with Crippen LogP contribution in [-0.2, 0) is 6.54 Å². The van der Waals surface area contributed by atoms with Gasteiger partial charge in [0.25, 0.3) is 11.6 Å². The van der Waals surface area contributed by atoms with Crippen molar-refractivity contribution in [1.82, 2.24) is 4.90 Å². The number of nitrogens with zero attached hydrogens (tertiary/aromatic N) is 2. The highest BCUT2D eigenvalue weighted by molar-refractivity contribution is 7.99. The van der Waals surface area contributed by atoms with Crippen molar-refractivity contribution >= 4 is 23.4 Å². The van der Waals surface area contributed by atoms with Gasteiger partial charge in [0.2, 0.25) is 0 Å². The molecule has 1 amide bonds. The van der Waals surface area contributed by atoms with Crippen molar-refractivity contribution in [3.63, 3.8) is 0 Å². The van der Waals surface area contributed by atoms with Crippen LogP contribution in [0.1, 0.15) is 15.9 Å². The van der Waals surface area contributed by atoms with Crippen LogP contribution in [0.3, 0.4) is 0 Å². The zero-order chi connectivity index (χ0) is 22.4. The highest BCUT2D eigenvalue weighted by Gasteiger charge is 2.21. The van der Waals surface area contributed by atoms with Crippen LogP contribution in [0.2, 0.25) is 0 Å². The van der Waals surface area contributed by atoms with E-state index in [0.717, 1.165) is 10.5 Å². The molecule has 0 fully saturated rings. The van der Waals surface area contributed by atoms with Crippen molar-refractivity contribution < 1.29 is 19.2 Å². The smallest absolute Gasteiger partial charge is 0.270 e. The number of methoxy groups -OCH3 is 2. The van der Waals surface area contributed by atoms with Gasteiger partial charge in [0.15, 0.2) is 11.5 Å². The van der Waals surface area contributed by atoms with Gasteiger partial charge < -0.3 is 14.4 Å². The predicted octanol–water partition coefficient (Wildman–Crippen LogP) is 5.04. The lowest BCUT2D eigenvalue weighted by Crippen LogP contribution is -2.26. The van der Waals surface area contributed by atoms with Crippen molar-refractivity contribution in [2.24, 2.45) is 0 Å². The fourth-order valence-corrected chi connectivity index (χ4v) is 3.97. The Morgan fingerprint density at radius 3 is 2.35 bits per heavy atom. The SMILES string of the molecule is COc1ccc(CN(C)C(=O)c2cc([N+](=O)[O-])ccc2Sc2ccccc2)cc1OC. The maximum Gasteiger partial charge on any atom is 0.270 e. The Kier molecular flexibility index (Phi) is 7.15. The minimum atomic E-state index is -0.498. The van der Waals surface area contributed by atoms with Crippen molar-refractivity contribution in [3.8, 4) is 11.5 Å². The maximum atomic E-state index is 13.2. The Balaban J connectivity index is 1.89. The van der Waals surface area contributed by atoms with E-state index in [0.29, 0.717) is 22.9 Å². The number of amides is 1. The zero-order valence-electron chi connectivity index (χ0n) is 17.4. The van der Waals surface area contributed by atoms with E-state index in [1.54, 1.807) is 39.5 Å². The van der Waals surface area contributed by atoms with Gasteiger partial charge in [-0.05, 0) is 35.9 Å². The molecule has 0 bridgehead atoms. The van der Waals surface area contributed by atoms with Crippen LogP contribution in [0.5, 0.6) is 11.5 Å². The molecule has 0 aliphatic carbocycles. The highest BCUT2D eigenvalue weighted by atomic mass is 32.2. The fourth-order valence-electron chi connectivity index (χ4n) is 3.03. The largest absolute Gasteiger partial charge is 0.493 e. The van der Waals surface area contributed by atoms with E-state index >= 15 is 0 Å². The first-order valence-electron chi connectivity index (χ1n) is 9.40. The van der Waals surface area contributed by atoms with E-state index in [1.165, 1.54) is 28.8 Å². The van der Waals surface area contributed by atoms with Crippen LogP contribution in [-0.4, -0.2) is 37.0 Å². The van der Waals surface area contributed by atoms with Crippen LogP contribution in [0.25, 0.3) is 0 Å². The summed E-state index contributed by atoms with van der Waals surface area (Å²) in [5.41, 5.74) is 1.00. The summed E-state index contributed by atoms with van der Waals surface area (Å²) in [4.78, 5) is 27.1. The van der Waals surface area contributed by atoms with Gasteiger partial charge in [-0.2, -0.15) is 0 Å². The first-order valence-corrected chi connectivity index (χ1v) is 10.2. The highest BCUT2D eigenvalue weighted by Crippen LogP contribution is 2.33. The Morgan fingerprint density at radius 1 is 1.00 bits per heavy atom. The standard InChI is InChI=1S/C23H22N2O5S/c1-24(15-16-9-11-20(29-2)21(13-16)30-3)23(26)19-14-17(25(27)28)10-12-22(19)31-18-7-5-4-6-8-18/h4-14H,15H2,1-3H3. The number of benzene rings is 3. The number of hydrogen-bond acceptors (Lipinski definition) is 6. The number of carbonyl (C=O) groups is 1. The van der Waals surface area contributed by atoms with Gasteiger partial charge in [0.1, 0.15) is 0 Å². The summed E-state index contributed by atoms with van der Waals surface area (Å²) in [5, 5.41) is 11.3. The van der Waals surface area contributed by atoms with Gasteiger partial charge in [0.05, 0.1) is 24.7 Å². The second-order valence-corrected chi connectivity index (χ2v) is 7.82. The molecule has 0 unspecified atom stereocenters. The molecule has 3 rings (SSSR count). The minimum Gasteiger partial charge on any atom is -0.493 e. The Morgan fingerprint density at radius 2 is 1.71 bits per heavy atom. The van der Waals surface area contributed by atoms with E-state index in [4.69, 9.17) is 9.47 Å². The second-order valence-electron chi connectivity index (χ2n) is 6.70. The summed E-state index contributed by atoms with van der Waals surface area (Å²) in [6.45, 7) is 0.303. The molecule has 7 nitrogen and oxygen atoms in total. The number of hydrogen-bond donors (Lipinski definition) is 0. The molecule has 0 aromatic heterocycles. The van der Waals surface area contributed by atoms with Crippen molar-refractivity contribution in [2.75, 3.05) is 21.3 Å². The van der Waals surface area contributed by atoms with Gasteiger partial charge in [-0.1, -0.05) is 36.0 Å². The summed E-state index contributed by atoms with van der Waals surface area (Å²) < 4.78 is 10.6. The van der Waals surface area contributed by atoms with Gasteiger partial charge in [-0.15, -0.1) is 0 Å². The van der Waals surface area contributed by atoms with Gasteiger partial charge in [0, 0.05) is 35.5 Å². The molecule has 0 radical (unpaired) electrons. The van der Waals surface area contributed by atoms with Crippen molar-refractivity contribution in [3.05, 3.63) is 88.0 Å². The number of carbonyl (C=O) groups excluding carboxylic acids is 1. The summed E-state index contributed by atoms with van der Waals surface area (Å²) in [5.74, 6) is 0.855. The molecule has 0 spiro atoms. The summed E-state index contributed by atoms with van der Waals surface area (Å²) in [6.07, 6.45) is 0. The molecule has 0 atom stereocenters. The lowest BCUT2D eigenvalue weighted by Gasteiger charge is -2.20. The summed E-state index contributed by atoms with van der Waals surface area (Å²) >= 11 is 1.39. The van der Waals surface area contributed by atoms with Crippen LogP contribution in [0, 0.1) is 10.1 Å². The van der Waals surface area contributed by atoms with E-state index in [9.17, 15) is 14.9 Å². The summed E-state index contributed by atoms with van der Waals surface area (Å²) in [6, 6.07) is 19.3. The zero-order valence-corrected chi connectivity index (χ0v) is 18.2. The third kappa shape index (κ3) is 5.35. The van der Waals surface area contributed by atoms with Gasteiger partial charge in [-0.3, -0.25) is 14.9 Å². The van der Waals surface area contributed by atoms with Crippen molar-refractivity contribution in [1.29, 1.82) is 0 Å². The van der Waals surface area contributed by atoms with Crippen LogP contribution in [0.15, 0.2) is 76.5 Å². The van der Waals surface area contributed by atoms with E-state index in [2.05, 4.69) is 0 Å². The molecule has 0 saturated heterocycles. The van der Waals surface area contributed by atoms with Crippen LogP contribution >= 0.6 is 11.8 Å². The van der Waals surface area contributed by atoms with Gasteiger partial charge in [-0.25, -0.2) is 0 Å². The second kappa shape index (κ2) is 9.99. The molecule has 8 heteroatoms. The molecule has 3 aromatic carbocycles. The number of nitro groups is 1. The topological polar surface area (TPSA) is 81.9 Å². The Labute approximate surface area is 184 Å². The maximum absolute atomic E-state index is 13.2. The molecule has 0 saturated carbocycles. The lowest BCUT2D eigenvalue weighted by atomic mass is 10.1. The van der Waals surface area contributed by atoms with Crippen molar-refractivity contribution in [2.45, 2.75) is 16.3 Å². The molecular formula is C23H22N2O5S. The molecule has 0 aliphatic heterocycles. The number of non-ortho nitro benzene ring substituents is 1. The Hall–Kier alpha value is -3.52. The molecule has 0 N–H and O–H groups in total. The monoisotopic (exact) mass is 438 g/mol. The average molecular weight is 439 g/mol. The third-order valence-corrected chi connectivity index (χ3v) is 5.67. The lowest BCUT2D eigenvalue weighted by molar-refractivity contribution is -0.384.